The highest BCUT2D eigenvalue weighted by Crippen LogP contribution is 2.27. The van der Waals surface area contributed by atoms with Crippen LogP contribution < -0.4 is 5.32 Å². The number of amides is 1. The number of hydrogen-bond acceptors (Lipinski definition) is 5. The summed E-state index contributed by atoms with van der Waals surface area (Å²) in [5.74, 6) is -0.815. The molecule has 0 aliphatic carbocycles. The van der Waals surface area contributed by atoms with Gasteiger partial charge in [0.2, 0.25) is 0 Å². The summed E-state index contributed by atoms with van der Waals surface area (Å²) >= 11 is 11.6. The van der Waals surface area contributed by atoms with Crippen LogP contribution in [0.1, 0.15) is 10.4 Å². The molecule has 0 fully saturated rings. The molecule has 2 aromatic carbocycles. The summed E-state index contributed by atoms with van der Waals surface area (Å²) in [6.07, 6.45) is 0. The lowest BCUT2D eigenvalue weighted by Gasteiger charge is -2.07. The fourth-order valence-corrected chi connectivity index (χ4v) is 2.33. The van der Waals surface area contributed by atoms with Gasteiger partial charge >= 0.3 is 0 Å². The van der Waals surface area contributed by atoms with Crippen LogP contribution in [0.15, 0.2) is 36.4 Å². The van der Waals surface area contributed by atoms with Crippen LogP contribution in [0.2, 0.25) is 10.0 Å². The summed E-state index contributed by atoms with van der Waals surface area (Å²) in [6, 6.07) is 7.00. The average molecular weight is 356 g/mol. The molecule has 0 heterocycles. The van der Waals surface area contributed by atoms with Gasteiger partial charge in [-0.1, -0.05) is 23.2 Å². The summed E-state index contributed by atoms with van der Waals surface area (Å²) in [4.78, 5) is 32.2. The summed E-state index contributed by atoms with van der Waals surface area (Å²) in [7, 11) is 0. The van der Waals surface area contributed by atoms with E-state index in [9.17, 15) is 25.0 Å². The number of anilines is 1. The minimum absolute atomic E-state index is 0.236. The SMILES string of the molecule is O=C(Nc1cc(Cl)cc(Cl)c1)c1ccc([N+](=O)[O-])cc1[N+](=O)[O-]. The second-order valence-corrected chi connectivity index (χ2v) is 5.20. The Morgan fingerprint density at radius 1 is 0.957 bits per heavy atom. The summed E-state index contributed by atoms with van der Waals surface area (Å²) in [5, 5.41) is 24.6. The Kier molecular flexibility index (Phi) is 4.77. The molecular formula is C13H7Cl2N3O5. The fourth-order valence-electron chi connectivity index (χ4n) is 1.80. The van der Waals surface area contributed by atoms with E-state index in [0.29, 0.717) is 0 Å². The molecule has 0 aromatic heterocycles. The Hall–Kier alpha value is -2.71. The number of carbonyl (C=O) groups excluding carboxylic acids is 1. The van der Waals surface area contributed by atoms with Gasteiger partial charge in [-0.15, -0.1) is 0 Å². The average Bonchev–Trinajstić information content (AvgIpc) is 2.45. The van der Waals surface area contributed by atoms with Crippen LogP contribution in [0, 0.1) is 20.2 Å². The van der Waals surface area contributed by atoms with Crippen molar-refractivity contribution in [3.8, 4) is 0 Å². The van der Waals surface area contributed by atoms with E-state index in [4.69, 9.17) is 23.2 Å². The molecule has 1 amide bonds. The predicted molar refractivity (Wildman–Crippen MR) is 84.2 cm³/mol. The van der Waals surface area contributed by atoms with Gasteiger partial charge in [0, 0.05) is 21.8 Å². The topological polar surface area (TPSA) is 115 Å². The van der Waals surface area contributed by atoms with E-state index < -0.39 is 27.1 Å². The number of benzene rings is 2. The molecule has 10 heteroatoms. The lowest BCUT2D eigenvalue weighted by atomic mass is 10.1. The van der Waals surface area contributed by atoms with Gasteiger partial charge in [-0.25, -0.2) is 0 Å². The van der Waals surface area contributed by atoms with Gasteiger partial charge in [-0.05, 0) is 24.3 Å². The second kappa shape index (κ2) is 6.59. The van der Waals surface area contributed by atoms with Gasteiger partial charge < -0.3 is 5.32 Å². The number of carbonyl (C=O) groups is 1. The monoisotopic (exact) mass is 355 g/mol. The largest absolute Gasteiger partial charge is 0.322 e. The molecule has 2 aromatic rings. The van der Waals surface area contributed by atoms with Crippen LogP contribution in [-0.4, -0.2) is 15.8 Å². The number of nitro benzene ring substituents is 2. The van der Waals surface area contributed by atoms with Gasteiger partial charge in [-0.3, -0.25) is 25.0 Å². The van der Waals surface area contributed by atoms with Gasteiger partial charge in [0.15, 0.2) is 0 Å². The zero-order valence-electron chi connectivity index (χ0n) is 11.2. The summed E-state index contributed by atoms with van der Waals surface area (Å²) in [6.45, 7) is 0. The molecule has 0 aliphatic rings. The highest BCUT2D eigenvalue weighted by molar-refractivity contribution is 6.35. The third-order valence-corrected chi connectivity index (χ3v) is 3.19. The van der Waals surface area contributed by atoms with Crippen LogP contribution in [0.5, 0.6) is 0 Å². The first-order valence-electron chi connectivity index (χ1n) is 5.98. The van der Waals surface area contributed by atoms with E-state index in [1.807, 2.05) is 0 Å². The second-order valence-electron chi connectivity index (χ2n) is 4.33. The fraction of sp³-hybridized carbons (Fsp3) is 0. The lowest BCUT2D eigenvalue weighted by Crippen LogP contribution is -2.14. The first-order valence-corrected chi connectivity index (χ1v) is 6.74. The number of halogens is 2. The molecule has 0 aliphatic heterocycles. The molecule has 118 valence electrons. The van der Waals surface area contributed by atoms with E-state index in [0.717, 1.165) is 18.2 Å². The van der Waals surface area contributed by atoms with E-state index in [-0.39, 0.29) is 21.3 Å². The third-order valence-electron chi connectivity index (χ3n) is 2.75. The van der Waals surface area contributed by atoms with E-state index in [1.54, 1.807) is 0 Å². The maximum Gasteiger partial charge on any atom is 0.289 e. The maximum absolute atomic E-state index is 12.2. The zero-order valence-corrected chi connectivity index (χ0v) is 12.7. The number of nitrogens with zero attached hydrogens (tertiary/aromatic N) is 2. The van der Waals surface area contributed by atoms with Crippen molar-refractivity contribution in [1.82, 2.24) is 0 Å². The van der Waals surface area contributed by atoms with Gasteiger partial charge in [-0.2, -0.15) is 0 Å². The van der Waals surface area contributed by atoms with Crippen molar-refractivity contribution >= 4 is 46.2 Å². The van der Waals surface area contributed by atoms with Crippen molar-refractivity contribution in [1.29, 1.82) is 0 Å². The third kappa shape index (κ3) is 3.93. The highest BCUT2D eigenvalue weighted by Gasteiger charge is 2.24. The smallest absolute Gasteiger partial charge is 0.289 e. The first-order chi connectivity index (χ1) is 10.8. The van der Waals surface area contributed by atoms with Gasteiger partial charge in [0.05, 0.1) is 15.9 Å². The quantitative estimate of drug-likeness (QED) is 0.655. The maximum atomic E-state index is 12.2. The Balaban J connectivity index is 2.38. The predicted octanol–water partition coefficient (Wildman–Crippen LogP) is 4.06. The van der Waals surface area contributed by atoms with Crippen LogP contribution in [-0.2, 0) is 0 Å². The van der Waals surface area contributed by atoms with Crippen molar-refractivity contribution in [3.63, 3.8) is 0 Å². The van der Waals surface area contributed by atoms with Crippen molar-refractivity contribution in [2.24, 2.45) is 0 Å². The van der Waals surface area contributed by atoms with Crippen LogP contribution >= 0.6 is 23.2 Å². The Morgan fingerprint density at radius 2 is 1.57 bits per heavy atom. The van der Waals surface area contributed by atoms with E-state index in [1.165, 1.54) is 18.2 Å². The minimum atomic E-state index is -0.868. The Labute approximate surface area is 138 Å². The molecule has 0 radical (unpaired) electrons. The molecule has 2 rings (SSSR count). The molecule has 0 atom stereocenters. The number of rotatable bonds is 4. The van der Waals surface area contributed by atoms with Crippen LogP contribution in [0.4, 0.5) is 17.1 Å². The molecule has 0 saturated heterocycles. The van der Waals surface area contributed by atoms with Gasteiger partial charge in [0.25, 0.3) is 17.3 Å². The van der Waals surface area contributed by atoms with Crippen molar-refractivity contribution < 1.29 is 14.6 Å². The Morgan fingerprint density at radius 3 is 2.09 bits per heavy atom. The molecule has 8 nitrogen and oxygen atoms in total. The molecular weight excluding hydrogens is 349 g/mol. The normalized spacial score (nSPS) is 10.2. The van der Waals surface area contributed by atoms with Gasteiger partial charge in [0.1, 0.15) is 5.56 Å². The molecule has 0 spiro atoms. The molecule has 0 bridgehead atoms. The van der Waals surface area contributed by atoms with Crippen molar-refractivity contribution in [2.45, 2.75) is 0 Å². The molecule has 0 saturated carbocycles. The molecule has 1 N–H and O–H groups in total. The number of nitrogens with one attached hydrogen (secondary N) is 1. The van der Waals surface area contributed by atoms with Crippen LogP contribution in [0.3, 0.4) is 0 Å². The summed E-state index contributed by atoms with van der Waals surface area (Å²) < 4.78 is 0. The standard InChI is InChI=1S/C13H7Cl2N3O5/c14-7-3-8(15)5-9(4-7)16-13(19)11-2-1-10(17(20)21)6-12(11)18(22)23/h1-6H,(H,16,19). The lowest BCUT2D eigenvalue weighted by molar-refractivity contribution is -0.394. The molecule has 0 unspecified atom stereocenters. The number of nitro groups is 2. The van der Waals surface area contributed by atoms with E-state index in [2.05, 4.69) is 5.32 Å². The number of non-ortho nitro benzene ring substituents is 1. The van der Waals surface area contributed by atoms with Crippen LogP contribution in [0.25, 0.3) is 0 Å². The summed E-state index contributed by atoms with van der Waals surface area (Å²) in [5.41, 5.74) is -1.25. The molecule has 23 heavy (non-hydrogen) atoms. The first kappa shape index (κ1) is 16.7. The highest BCUT2D eigenvalue weighted by atomic mass is 35.5. The zero-order chi connectivity index (χ0) is 17.1. The van der Waals surface area contributed by atoms with E-state index >= 15 is 0 Å². The van der Waals surface area contributed by atoms with Crippen molar-refractivity contribution in [2.75, 3.05) is 5.32 Å². The van der Waals surface area contributed by atoms with Crippen molar-refractivity contribution in [3.05, 3.63) is 72.2 Å². The number of hydrogen-bond donors (Lipinski definition) is 1. The Bertz CT molecular complexity index is 805. The minimum Gasteiger partial charge on any atom is -0.322 e.